The number of allylic oxidation sites excluding steroid dienone is 2. The molecular formula is C19H23N3O3S. The van der Waals surface area contributed by atoms with E-state index >= 15 is 0 Å². The molecule has 0 atom stereocenters. The van der Waals surface area contributed by atoms with Crippen LogP contribution in [0.25, 0.3) is 6.08 Å². The number of ether oxygens (including phenoxy) is 2. The highest BCUT2D eigenvalue weighted by Gasteiger charge is 2.20. The minimum Gasteiger partial charge on any atom is -0.454 e. The molecule has 3 rings (SSSR count). The lowest BCUT2D eigenvalue weighted by Gasteiger charge is -2.35. The second-order valence-corrected chi connectivity index (χ2v) is 6.37. The summed E-state index contributed by atoms with van der Waals surface area (Å²) >= 11 is 5.31. The van der Waals surface area contributed by atoms with Crippen molar-refractivity contribution in [2.75, 3.05) is 39.5 Å². The lowest BCUT2D eigenvalue weighted by atomic mass is 10.2. The summed E-state index contributed by atoms with van der Waals surface area (Å²) in [5.41, 5.74) is 0.997. The number of nitrogens with zero attached hydrogens (tertiary/aromatic N) is 2. The Labute approximate surface area is 159 Å². The van der Waals surface area contributed by atoms with Crippen molar-refractivity contribution in [3.05, 3.63) is 42.0 Å². The molecule has 26 heavy (non-hydrogen) atoms. The largest absolute Gasteiger partial charge is 0.454 e. The average Bonchev–Trinajstić information content (AvgIpc) is 3.13. The zero-order valence-electron chi connectivity index (χ0n) is 14.8. The van der Waals surface area contributed by atoms with Crippen LogP contribution in [0.5, 0.6) is 11.5 Å². The molecule has 1 amide bonds. The zero-order chi connectivity index (χ0) is 18.4. The molecule has 1 fully saturated rings. The van der Waals surface area contributed by atoms with Gasteiger partial charge in [0.15, 0.2) is 16.6 Å². The van der Waals surface area contributed by atoms with Gasteiger partial charge in [-0.1, -0.05) is 24.3 Å². The lowest BCUT2D eigenvalue weighted by molar-refractivity contribution is -0.127. The van der Waals surface area contributed by atoms with E-state index in [0.717, 1.165) is 41.8 Å². The predicted octanol–water partition coefficient (Wildman–Crippen LogP) is 2.02. The van der Waals surface area contributed by atoms with Gasteiger partial charge in [0.1, 0.15) is 0 Å². The van der Waals surface area contributed by atoms with Gasteiger partial charge in [0.05, 0.1) is 0 Å². The third kappa shape index (κ3) is 4.54. The number of carbonyl (C=O) groups excluding carboxylic acids is 1. The van der Waals surface area contributed by atoms with Crippen LogP contribution in [0.1, 0.15) is 12.5 Å². The fraction of sp³-hybridized carbons (Fsp3) is 0.368. The third-order valence-corrected chi connectivity index (χ3v) is 4.64. The first-order valence-electron chi connectivity index (χ1n) is 8.73. The Bertz CT molecular complexity index is 725. The molecule has 0 aliphatic carbocycles. The van der Waals surface area contributed by atoms with Crippen LogP contribution in [0.15, 0.2) is 36.4 Å². The molecule has 1 N–H and O–H groups in total. The predicted molar refractivity (Wildman–Crippen MR) is 105 cm³/mol. The van der Waals surface area contributed by atoms with Crippen LogP contribution in [0, 0.1) is 0 Å². The summed E-state index contributed by atoms with van der Waals surface area (Å²) in [6.45, 7) is 5.99. The van der Waals surface area contributed by atoms with E-state index in [-0.39, 0.29) is 12.7 Å². The SMILES string of the molecule is CCNC(=S)N1CCN(C(=O)/C=C/C=C/c2ccc3c(c2)OCO3)CC1. The van der Waals surface area contributed by atoms with Gasteiger partial charge in [0, 0.05) is 38.8 Å². The number of nitrogens with one attached hydrogen (secondary N) is 1. The molecule has 1 aromatic carbocycles. The first kappa shape index (κ1) is 18.3. The molecule has 6 nitrogen and oxygen atoms in total. The molecule has 2 aliphatic rings. The fourth-order valence-electron chi connectivity index (χ4n) is 2.82. The quantitative estimate of drug-likeness (QED) is 0.495. The maximum atomic E-state index is 12.3. The van der Waals surface area contributed by atoms with Gasteiger partial charge in [-0.2, -0.15) is 0 Å². The zero-order valence-corrected chi connectivity index (χ0v) is 15.6. The van der Waals surface area contributed by atoms with Crippen LogP contribution in [-0.4, -0.2) is 60.3 Å². The average molecular weight is 373 g/mol. The summed E-state index contributed by atoms with van der Waals surface area (Å²) in [7, 11) is 0. The number of hydrogen-bond acceptors (Lipinski definition) is 4. The number of thiocarbonyl (C=S) groups is 1. The van der Waals surface area contributed by atoms with Gasteiger partial charge in [-0.3, -0.25) is 4.79 Å². The van der Waals surface area contributed by atoms with Crippen molar-refractivity contribution >= 4 is 29.3 Å². The Hall–Kier alpha value is -2.54. The second kappa shape index (κ2) is 8.71. The van der Waals surface area contributed by atoms with Gasteiger partial charge < -0.3 is 24.6 Å². The van der Waals surface area contributed by atoms with Gasteiger partial charge in [0.2, 0.25) is 12.7 Å². The summed E-state index contributed by atoms with van der Waals surface area (Å²) in [6.07, 6.45) is 7.15. The lowest BCUT2D eigenvalue weighted by Crippen LogP contribution is -2.52. The van der Waals surface area contributed by atoms with Crippen molar-refractivity contribution in [3.8, 4) is 11.5 Å². The maximum absolute atomic E-state index is 12.3. The Balaban J connectivity index is 1.47. The first-order chi connectivity index (χ1) is 12.7. The van der Waals surface area contributed by atoms with Crippen molar-refractivity contribution in [2.24, 2.45) is 0 Å². The minimum absolute atomic E-state index is 0.0226. The summed E-state index contributed by atoms with van der Waals surface area (Å²) in [6, 6.07) is 5.75. The van der Waals surface area contributed by atoms with Gasteiger partial charge in [-0.15, -0.1) is 0 Å². The van der Waals surface area contributed by atoms with E-state index in [1.54, 1.807) is 12.2 Å². The number of carbonyl (C=O) groups is 1. The molecule has 2 aliphatic heterocycles. The molecular weight excluding hydrogens is 350 g/mol. The number of hydrogen-bond donors (Lipinski definition) is 1. The van der Waals surface area contributed by atoms with Crippen LogP contribution in [0.4, 0.5) is 0 Å². The number of benzene rings is 1. The van der Waals surface area contributed by atoms with Crippen molar-refractivity contribution in [1.29, 1.82) is 0 Å². The highest BCUT2D eigenvalue weighted by Crippen LogP contribution is 2.32. The van der Waals surface area contributed by atoms with Crippen LogP contribution >= 0.6 is 12.2 Å². The topological polar surface area (TPSA) is 54.0 Å². The summed E-state index contributed by atoms with van der Waals surface area (Å²) in [5, 5.41) is 3.91. The van der Waals surface area contributed by atoms with Gasteiger partial charge in [0.25, 0.3) is 0 Å². The molecule has 2 heterocycles. The van der Waals surface area contributed by atoms with Crippen molar-refractivity contribution < 1.29 is 14.3 Å². The van der Waals surface area contributed by atoms with E-state index in [1.165, 1.54) is 0 Å². The monoisotopic (exact) mass is 373 g/mol. The number of rotatable bonds is 4. The standard InChI is InChI=1S/C19H23N3O3S/c1-2-20-19(26)22-11-9-21(10-12-22)18(23)6-4-3-5-15-7-8-16-17(13-15)25-14-24-16/h3-8,13H,2,9-12,14H2,1H3,(H,20,26)/b5-3+,6-4+. The molecule has 7 heteroatoms. The van der Waals surface area contributed by atoms with E-state index in [1.807, 2.05) is 42.2 Å². The van der Waals surface area contributed by atoms with Crippen LogP contribution in [0.3, 0.4) is 0 Å². The summed E-state index contributed by atoms with van der Waals surface area (Å²) in [5.74, 6) is 1.54. The minimum atomic E-state index is 0.0226. The Morgan fingerprint density at radius 2 is 1.88 bits per heavy atom. The van der Waals surface area contributed by atoms with Crippen molar-refractivity contribution in [1.82, 2.24) is 15.1 Å². The third-order valence-electron chi connectivity index (χ3n) is 4.24. The maximum Gasteiger partial charge on any atom is 0.246 e. The molecule has 0 spiro atoms. The Morgan fingerprint density at radius 1 is 1.15 bits per heavy atom. The molecule has 0 aromatic heterocycles. The van der Waals surface area contributed by atoms with Crippen LogP contribution < -0.4 is 14.8 Å². The van der Waals surface area contributed by atoms with Crippen molar-refractivity contribution in [3.63, 3.8) is 0 Å². The van der Waals surface area contributed by atoms with Crippen LogP contribution in [0.2, 0.25) is 0 Å². The van der Waals surface area contributed by atoms with E-state index in [0.29, 0.717) is 13.1 Å². The smallest absolute Gasteiger partial charge is 0.246 e. The van der Waals surface area contributed by atoms with Crippen LogP contribution in [-0.2, 0) is 4.79 Å². The molecule has 0 unspecified atom stereocenters. The molecule has 0 saturated carbocycles. The Morgan fingerprint density at radius 3 is 2.65 bits per heavy atom. The molecule has 1 saturated heterocycles. The highest BCUT2D eigenvalue weighted by molar-refractivity contribution is 7.80. The molecule has 138 valence electrons. The van der Waals surface area contributed by atoms with Gasteiger partial charge in [-0.25, -0.2) is 0 Å². The summed E-state index contributed by atoms with van der Waals surface area (Å²) < 4.78 is 10.6. The highest BCUT2D eigenvalue weighted by atomic mass is 32.1. The first-order valence-corrected chi connectivity index (χ1v) is 9.14. The summed E-state index contributed by atoms with van der Waals surface area (Å²) in [4.78, 5) is 16.2. The van der Waals surface area contributed by atoms with E-state index < -0.39 is 0 Å². The number of amides is 1. The second-order valence-electron chi connectivity index (χ2n) is 5.98. The number of fused-ring (bicyclic) bond motifs is 1. The fourth-order valence-corrected chi connectivity index (χ4v) is 3.15. The van der Waals surface area contributed by atoms with E-state index in [4.69, 9.17) is 21.7 Å². The van der Waals surface area contributed by atoms with Gasteiger partial charge >= 0.3 is 0 Å². The van der Waals surface area contributed by atoms with Gasteiger partial charge in [-0.05, 0) is 36.8 Å². The molecule has 1 aromatic rings. The van der Waals surface area contributed by atoms with E-state index in [2.05, 4.69) is 10.2 Å². The normalized spacial score (nSPS) is 16.5. The number of piperazine rings is 1. The van der Waals surface area contributed by atoms with Crippen molar-refractivity contribution in [2.45, 2.75) is 6.92 Å². The molecule has 0 bridgehead atoms. The Kier molecular flexibility index (Phi) is 6.12. The molecule has 0 radical (unpaired) electrons. The van der Waals surface area contributed by atoms with E-state index in [9.17, 15) is 4.79 Å².